The molecule has 3 aromatic rings. The number of anilines is 1. The third-order valence-corrected chi connectivity index (χ3v) is 4.05. The van der Waals surface area contributed by atoms with Gasteiger partial charge in [0.25, 0.3) is 0 Å². The summed E-state index contributed by atoms with van der Waals surface area (Å²) in [6.45, 7) is 4.15. The molecule has 0 aliphatic heterocycles. The predicted octanol–water partition coefficient (Wildman–Crippen LogP) is 3.72. The van der Waals surface area contributed by atoms with Crippen LogP contribution >= 0.6 is 0 Å². The molecule has 0 saturated carbocycles. The van der Waals surface area contributed by atoms with Gasteiger partial charge in [-0.1, -0.05) is 42.0 Å². The highest BCUT2D eigenvalue weighted by atomic mass is 16.1. The summed E-state index contributed by atoms with van der Waals surface area (Å²) >= 11 is 0. The standard InChI is InChI=1S/C20H20N4O/c1-13-6-8-15(9-7-13)14(2)22-19-11-10-18(23-24-19)16-4-3-5-17(12-16)20(21)25/h3-12,14H,1-2H3,(H2,21,25)(H,22,24). The lowest BCUT2D eigenvalue weighted by Crippen LogP contribution is -2.10. The summed E-state index contributed by atoms with van der Waals surface area (Å²) in [5, 5.41) is 11.8. The van der Waals surface area contributed by atoms with Crippen LogP contribution in [0.15, 0.2) is 60.7 Å². The van der Waals surface area contributed by atoms with E-state index in [2.05, 4.69) is 53.6 Å². The predicted molar refractivity (Wildman–Crippen MR) is 99.2 cm³/mol. The number of aryl methyl sites for hydroxylation is 1. The molecule has 0 aliphatic rings. The van der Waals surface area contributed by atoms with Crippen LogP contribution < -0.4 is 11.1 Å². The molecule has 0 saturated heterocycles. The van der Waals surface area contributed by atoms with Gasteiger partial charge in [-0.3, -0.25) is 4.79 Å². The molecule has 25 heavy (non-hydrogen) atoms. The first-order chi connectivity index (χ1) is 12.0. The van der Waals surface area contributed by atoms with E-state index >= 15 is 0 Å². The SMILES string of the molecule is Cc1ccc(C(C)Nc2ccc(-c3cccc(C(N)=O)c3)nn2)cc1. The number of hydrogen-bond acceptors (Lipinski definition) is 4. The van der Waals surface area contributed by atoms with Gasteiger partial charge in [0.2, 0.25) is 5.91 Å². The Morgan fingerprint density at radius 3 is 2.44 bits per heavy atom. The number of rotatable bonds is 5. The van der Waals surface area contributed by atoms with Gasteiger partial charge >= 0.3 is 0 Å². The smallest absolute Gasteiger partial charge is 0.248 e. The first kappa shape index (κ1) is 16.6. The number of aromatic nitrogens is 2. The third kappa shape index (κ3) is 4.01. The fraction of sp³-hybridized carbons (Fsp3) is 0.150. The number of nitrogens with one attached hydrogen (secondary N) is 1. The highest BCUT2D eigenvalue weighted by Crippen LogP contribution is 2.21. The van der Waals surface area contributed by atoms with Crippen molar-refractivity contribution in [1.29, 1.82) is 0 Å². The lowest BCUT2D eigenvalue weighted by atomic mass is 10.1. The number of primary amides is 1. The van der Waals surface area contributed by atoms with E-state index in [4.69, 9.17) is 5.73 Å². The van der Waals surface area contributed by atoms with Crippen LogP contribution in [0.25, 0.3) is 11.3 Å². The molecule has 1 heterocycles. The second kappa shape index (κ2) is 7.13. The van der Waals surface area contributed by atoms with E-state index in [1.165, 1.54) is 11.1 Å². The fourth-order valence-corrected chi connectivity index (χ4v) is 2.56. The molecule has 0 radical (unpaired) electrons. The van der Waals surface area contributed by atoms with Crippen molar-refractivity contribution in [2.75, 3.05) is 5.32 Å². The molecule has 1 unspecified atom stereocenters. The van der Waals surface area contributed by atoms with Crippen molar-refractivity contribution in [2.24, 2.45) is 5.73 Å². The zero-order valence-corrected chi connectivity index (χ0v) is 14.2. The highest BCUT2D eigenvalue weighted by molar-refractivity contribution is 5.93. The molecule has 1 amide bonds. The summed E-state index contributed by atoms with van der Waals surface area (Å²) in [5.41, 5.74) is 9.69. The topological polar surface area (TPSA) is 80.9 Å². The minimum absolute atomic E-state index is 0.124. The number of amides is 1. The first-order valence-electron chi connectivity index (χ1n) is 8.10. The number of carbonyl (C=O) groups is 1. The van der Waals surface area contributed by atoms with E-state index < -0.39 is 5.91 Å². The van der Waals surface area contributed by atoms with Crippen LogP contribution in [0.2, 0.25) is 0 Å². The van der Waals surface area contributed by atoms with Gasteiger partial charge in [0, 0.05) is 17.2 Å². The van der Waals surface area contributed by atoms with Gasteiger partial charge in [0.15, 0.2) is 0 Å². The average molecular weight is 332 g/mol. The normalized spacial score (nSPS) is 11.8. The second-order valence-electron chi connectivity index (χ2n) is 6.03. The molecule has 1 aromatic heterocycles. The van der Waals surface area contributed by atoms with Gasteiger partial charge in [-0.05, 0) is 43.7 Å². The molecule has 3 rings (SSSR count). The Labute approximate surface area is 146 Å². The molecule has 5 nitrogen and oxygen atoms in total. The minimum atomic E-state index is -0.458. The molecule has 0 fully saturated rings. The van der Waals surface area contributed by atoms with Gasteiger partial charge in [-0.15, -0.1) is 10.2 Å². The Bertz CT molecular complexity index is 873. The fourth-order valence-electron chi connectivity index (χ4n) is 2.56. The number of nitrogens with zero attached hydrogens (tertiary/aromatic N) is 2. The second-order valence-corrected chi connectivity index (χ2v) is 6.03. The van der Waals surface area contributed by atoms with Crippen molar-refractivity contribution in [1.82, 2.24) is 10.2 Å². The Kier molecular flexibility index (Phi) is 4.75. The minimum Gasteiger partial charge on any atom is -0.366 e. The highest BCUT2D eigenvalue weighted by Gasteiger charge is 2.08. The maximum atomic E-state index is 11.3. The summed E-state index contributed by atoms with van der Waals surface area (Å²) in [7, 11) is 0. The summed E-state index contributed by atoms with van der Waals surface area (Å²) < 4.78 is 0. The lowest BCUT2D eigenvalue weighted by Gasteiger charge is -2.15. The zero-order valence-electron chi connectivity index (χ0n) is 14.2. The van der Waals surface area contributed by atoms with Crippen LogP contribution in [0, 0.1) is 6.92 Å². The quantitative estimate of drug-likeness (QED) is 0.746. The zero-order chi connectivity index (χ0) is 17.8. The Balaban J connectivity index is 1.75. The van der Waals surface area contributed by atoms with Crippen LogP contribution in [0.5, 0.6) is 0 Å². The van der Waals surface area contributed by atoms with Crippen molar-refractivity contribution < 1.29 is 4.79 Å². The Hall–Kier alpha value is -3.21. The Morgan fingerprint density at radius 1 is 1.04 bits per heavy atom. The van der Waals surface area contributed by atoms with Crippen LogP contribution in [0.4, 0.5) is 5.82 Å². The van der Waals surface area contributed by atoms with Crippen molar-refractivity contribution in [2.45, 2.75) is 19.9 Å². The van der Waals surface area contributed by atoms with Gasteiger partial charge in [-0.2, -0.15) is 0 Å². The third-order valence-electron chi connectivity index (χ3n) is 4.05. The van der Waals surface area contributed by atoms with E-state index in [9.17, 15) is 4.79 Å². The lowest BCUT2D eigenvalue weighted by molar-refractivity contribution is 0.100. The molecule has 5 heteroatoms. The molecule has 0 aliphatic carbocycles. The molecular formula is C20H20N4O. The summed E-state index contributed by atoms with van der Waals surface area (Å²) in [6.07, 6.45) is 0. The van der Waals surface area contributed by atoms with Crippen molar-refractivity contribution in [3.05, 3.63) is 77.4 Å². The average Bonchev–Trinajstić information content (AvgIpc) is 2.63. The molecule has 0 spiro atoms. The Morgan fingerprint density at radius 2 is 1.80 bits per heavy atom. The molecule has 1 atom stereocenters. The first-order valence-corrected chi connectivity index (χ1v) is 8.10. The monoisotopic (exact) mass is 332 g/mol. The van der Waals surface area contributed by atoms with Gasteiger partial charge in [-0.25, -0.2) is 0 Å². The van der Waals surface area contributed by atoms with E-state index in [0.717, 1.165) is 5.56 Å². The number of benzene rings is 2. The van der Waals surface area contributed by atoms with Crippen molar-refractivity contribution >= 4 is 11.7 Å². The van der Waals surface area contributed by atoms with Crippen LogP contribution in [0.1, 0.15) is 34.5 Å². The largest absolute Gasteiger partial charge is 0.366 e. The van der Waals surface area contributed by atoms with Gasteiger partial charge < -0.3 is 11.1 Å². The number of nitrogens with two attached hydrogens (primary N) is 1. The molecule has 126 valence electrons. The summed E-state index contributed by atoms with van der Waals surface area (Å²) in [6, 6.07) is 19.3. The van der Waals surface area contributed by atoms with Gasteiger partial charge in [0.05, 0.1) is 5.69 Å². The van der Waals surface area contributed by atoms with E-state index in [1.807, 2.05) is 18.2 Å². The maximum absolute atomic E-state index is 11.3. The number of carbonyl (C=O) groups excluding carboxylic acids is 1. The molecule has 2 aromatic carbocycles. The summed E-state index contributed by atoms with van der Waals surface area (Å²) in [5.74, 6) is 0.239. The van der Waals surface area contributed by atoms with Crippen LogP contribution in [-0.2, 0) is 0 Å². The van der Waals surface area contributed by atoms with Gasteiger partial charge in [0.1, 0.15) is 5.82 Å². The maximum Gasteiger partial charge on any atom is 0.248 e. The van der Waals surface area contributed by atoms with E-state index in [-0.39, 0.29) is 6.04 Å². The van der Waals surface area contributed by atoms with E-state index in [1.54, 1.807) is 18.2 Å². The number of hydrogen-bond donors (Lipinski definition) is 2. The van der Waals surface area contributed by atoms with E-state index in [0.29, 0.717) is 17.1 Å². The molecule has 3 N–H and O–H groups in total. The van der Waals surface area contributed by atoms with Crippen molar-refractivity contribution in [3.63, 3.8) is 0 Å². The van der Waals surface area contributed by atoms with Crippen LogP contribution in [-0.4, -0.2) is 16.1 Å². The molecular weight excluding hydrogens is 312 g/mol. The van der Waals surface area contributed by atoms with Crippen molar-refractivity contribution in [3.8, 4) is 11.3 Å². The molecule has 0 bridgehead atoms. The summed E-state index contributed by atoms with van der Waals surface area (Å²) in [4.78, 5) is 11.3. The van der Waals surface area contributed by atoms with Crippen LogP contribution in [0.3, 0.4) is 0 Å².